The van der Waals surface area contributed by atoms with E-state index >= 15 is 0 Å². The number of amides is 1. The van der Waals surface area contributed by atoms with Crippen LogP contribution in [-0.2, 0) is 11.8 Å². The summed E-state index contributed by atoms with van der Waals surface area (Å²) < 4.78 is 1.89. The van der Waals surface area contributed by atoms with Gasteiger partial charge in [0.05, 0.1) is 12.0 Å². The summed E-state index contributed by atoms with van der Waals surface area (Å²) in [7, 11) is 1.90. The Morgan fingerprint density at radius 1 is 1.23 bits per heavy atom. The first-order valence-corrected chi connectivity index (χ1v) is 7.75. The van der Waals surface area contributed by atoms with Crippen molar-refractivity contribution in [1.82, 2.24) is 9.88 Å². The minimum absolute atomic E-state index is 0.0211. The summed E-state index contributed by atoms with van der Waals surface area (Å²) in [6.45, 7) is 2.48. The minimum Gasteiger partial charge on any atom is -0.387 e. The summed E-state index contributed by atoms with van der Waals surface area (Å²) in [6.07, 6.45) is 2.61. The van der Waals surface area contributed by atoms with Gasteiger partial charge in [-0.05, 0) is 30.5 Å². The van der Waals surface area contributed by atoms with Crippen molar-refractivity contribution in [3.63, 3.8) is 0 Å². The molecule has 118 valence electrons. The molecule has 0 radical (unpaired) electrons. The average Bonchev–Trinajstić information content (AvgIpc) is 2.95. The molecule has 4 nitrogen and oxygen atoms in total. The molecule has 0 spiro atoms. The third-order valence-corrected chi connectivity index (χ3v) is 3.97. The molecule has 1 aromatic heterocycles. The number of carbonyl (C=O) groups excluding carboxylic acids is 1. The fraction of sp³-hybridized carbons (Fsp3) is 0.389. The standard InChI is InChI=1S/C18H24N2O2/c1-3-15(14-8-5-4-6-9-14)18(22)19-12-11-17(21)16-10-7-13-20(16)2/h4-10,13,15,17,21H,3,11-12H2,1-2H3,(H,19,22). The van der Waals surface area contributed by atoms with Crippen LogP contribution >= 0.6 is 0 Å². The third kappa shape index (κ3) is 3.98. The molecule has 0 saturated heterocycles. The van der Waals surface area contributed by atoms with Crippen molar-refractivity contribution in [3.05, 3.63) is 59.9 Å². The van der Waals surface area contributed by atoms with Gasteiger partial charge in [0.15, 0.2) is 0 Å². The molecule has 1 heterocycles. The maximum atomic E-state index is 12.3. The number of carbonyl (C=O) groups is 1. The lowest BCUT2D eigenvalue weighted by molar-refractivity contribution is -0.122. The predicted molar refractivity (Wildman–Crippen MR) is 87.5 cm³/mol. The highest BCUT2D eigenvalue weighted by Gasteiger charge is 2.18. The highest BCUT2D eigenvalue weighted by atomic mass is 16.3. The van der Waals surface area contributed by atoms with Crippen LogP contribution in [0.1, 0.15) is 43.0 Å². The predicted octanol–water partition coefficient (Wildman–Crippen LogP) is 2.76. The first-order valence-electron chi connectivity index (χ1n) is 7.75. The third-order valence-electron chi connectivity index (χ3n) is 3.97. The monoisotopic (exact) mass is 300 g/mol. The van der Waals surface area contributed by atoms with Crippen LogP contribution in [0.4, 0.5) is 0 Å². The van der Waals surface area contributed by atoms with Gasteiger partial charge in [0.1, 0.15) is 0 Å². The molecule has 0 bridgehead atoms. The van der Waals surface area contributed by atoms with Gasteiger partial charge in [-0.25, -0.2) is 0 Å². The lowest BCUT2D eigenvalue weighted by atomic mass is 9.95. The first kappa shape index (κ1) is 16.3. The van der Waals surface area contributed by atoms with Gasteiger partial charge in [0.25, 0.3) is 0 Å². The summed E-state index contributed by atoms with van der Waals surface area (Å²) >= 11 is 0. The van der Waals surface area contributed by atoms with E-state index in [2.05, 4.69) is 5.32 Å². The summed E-state index contributed by atoms with van der Waals surface area (Å²) in [5.74, 6) is -0.110. The van der Waals surface area contributed by atoms with Crippen molar-refractivity contribution in [2.45, 2.75) is 31.8 Å². The van der Waals surface area contributed by atoms with E-state index in [1.165, 1.54) is 0 Å². The molecule has 2 rings (SSSR count). The maximum absolute atomic E-state index is 12.3. The van der Waals surface area contributed by atoms with Crippen molar-refractivity contribution in [3.8, 4) is 0 Å². The Morgan fingerprint density at radius 2 is 1.95 bits per heavy atom. The molecule has 4 heteroatoms. The Bertz CT molecular complexity index is 592. The zero-order valence-electron chi connectivity index (χ0n) is 13.2. The highest BCUT2D eigenvalue weighted by Crippen LogP contribution is 2.20. The van der Waals surface area contributed by atoms with Crippen LogP contribution in [0, 0.1) is 0 Å². The van der Waals surface area contributed by atoms with Crippen LogP contribution in [0.2, 0.25) is 0 Å². The lowest BCUT2D eigenvalue weighted by Crippen LogP contribution is -2.30. The van der Waals surface area contributed by atoms with Crippen LogP contribution in [0.3, 0.4) is 0 Å². The van der Waals surface area contributed by atoms with Gasteiger partial charge in [-0.15, -0.1) is 0 Å². The second-order valence-corrected chi connectivity index (χ2v) is 5.51. The number of rotatable bonds is 7. The minimum atomic E-state index is -0.558. The van der Waals surface area contributed by atoms with E-state index in [4.69, 9.17) is 0 Å². The molecule has 0 aliphatic carbocycles. The van der Waals surface area contributed by atoms with Crippen molar-refractivity contribution in [1.29, 1.82) is 0 Å². The van der Waals surface area contributed by atoms with E-state index in [1.54, 1.807) is 0 Å². The van der Waals surface area contributed by atoms with Crippen molar-refractivity contribution in [2.75, 3.05) is 6.54 Å². The molecule has 2 aromatic rings. The fourth-order valence-corrected chi connectivity index (χ4v) is 2.68. The van der Waals surface area contributed by atoms with Crippen molar-refractivity contribution >= 4 is 5.91 Å². The Labute approximate surface area is 131 Å². The molecule has 0 aliphatic heterocycles. The van der Waals surface area contributed by atoms with E-state index < -0.39 is 6.10 Å². The topological polar surface area (TPSA) is 54.3 Å². The second-order valence-electron chi connectivity index (χ2n) is 5.51. The Kier molecular flexibility index (Phi) is 5.78. The molecular weight excluding hydrogens is 276 g/mol. The average molecular weight is 300 g/mol. The smallest absolute Gasteiger partial charge is 0.227 e. The summed E-state index contributed by atoms with van der Waals surface area (Å²) in [4.78, 5) is 12.3. The number of hydrogen-bond acceptors (Lipinski definition) is 2. The van der Waals surface area contributed by atoms with Crippen molar-refractivity contribution in [2.24, 2.45) is 7.05 Å². The van der Waals surface area contributed by atoms with E-state index in [9.17, 15) is 9.90 Å². The van der Waals surface area contributed by atoms with Gasteiger partial charge in [-0.2, -0.15) is 0 Å². The zero-order valence-corrected chi connectivity index (χ0v) is 13.2. The van der Waals surface area contributed by atoms with Crippen LogP contribution in [0.25, 0.3) is 0 Å². The largest absolute Gasteiger partial charge is 0.387 e. The number of hydrogen-bond donors (Lipinski definition) is 2. The SMILES string of the molecule is CCC(C(=O)NCCC(O)c1cccn1C)c1ccccc1. The first-order chi connectivity index (χ1) is 10.6. The van der Waals surface area contributed by atoms with Crippen LogP contribution < -0.4 is 5.32 Å². The molecule has 1 amide bonds. The Morgan fingerprint density at radius 3 is 2.55 bits per heavy atom. The quantitative estimate of drug-likeness (QED) is 0.826. The van der Waals surface area contributed by atoms with Gasteiger partial charge < -0.3 is 15.0 Å². The Hall–Kier alpha value is -2.07. The van der Waals surface area contributed by atoms with Crippen LogP contribution in [-0.4, -0.2) is 22.1 Å². The van der Waals surface area contributed by atoms with E-state index in [1.807, 2.05) is 67.2 Å². The summed E-state index contributed by atoms with van der Waals surface area (Å²) in [5.41, 5.74) is 1.90. The van der Waals surface area contributed by atoms with Gasteiger partial charge in [-0.1, -0.05) is 37.3 Å². The molecule has 0 aliphatic rings. The van der Waals surface area contributed by atoms with Gasteiger partial charge in [0.2, 0.25) is 5.91 Å². The molecule has 0 fully saturated rings. The molecular formula is C18H24N2O2. The second kappa shape index (κ2) is 7.80. The summed E-state index contributed by atoms with van der Waals surface area (Å²) in [5, 5.41) is 13.1. The molecule has 2 atom stereocenters. The van der Waals surface area contributed by atoms with Crippen LogP contribution in [0.5, 0.6) is 0 Å². The molecule has 2 unspecified atom stereocenters. The summed E-state index contributed by atoms with van der Waals surface area (Å²) in [6, 6.07) is 13.6. The molecule has 22 heavy (non-hydrogen) atoms. The number of benzene rings is 1. The van der Waals surface area contributed by atoms with E-state index in [-0.39, 0.29) is 11.8 Å². The molecule has 1 aromatic carbocycles. The van der Waals surface area contributed by atoms with E-state index in [0.717, 1.165) is 17.7 Å². The Balaban J connectivity index is 1.86. The van der Waals surface area contributed by atoms with Gasteiger partial charge in [-0.3, -0.25) is 4.79 Å². The maximum Gasteiger partial charge on any atom is 0.227 e. The number of aryl methyl sites for hydroxylation is 1. The highest BCUT2D eigenvalue weighted by molar-refractivity contribution is 5.83. The van der Waals surface area contributed by atoms with Crippen LogP contribution in [0.15, 0.2) is 48.7 Å². The fourth-order valence-electron chi connectivity index (χ4n) is 2.68. The van der Waals surface area contributed by atoms with Crippen molar-refractivity contribution < 1.29 is 9.90 Å². The molecule has 0 saturated carbocycles. The number of aromatic nitrogens is 1. The number of nitrogens with zero attached hydrogens (tertiary/aromatic N) is 1. The van der Waals surface area contributed by atoms with Gasteiger partial charge >= 0.3 is 0 Å². The van der Waals surface area contributed by atoms with E-state index in [0.29, 0.717) is 13.0 Å². The zero-order chi connectivity index (χ0) is 15.9. The normalized spacial score (nSPS) is 13.6. The molecule has 2 N–H and O–H groups in total. The number of nitrogens with one attached hydrogen (secondary N) is 1. The number of aliphatic hydroxyl groups is 1. The van der Waals surface area contributed by atoms with Gasteiger partial charge in [0, 0.05) is 25.5 Å². The number of aliphatic hydroxyl groups excluding tert-OH is 1. The lowest BCUT2D eigenvalue weighted by Gasteiger charge is -2.17.